The summed E-state index contributed by atoms with van der Waals surface area (Å²) >= 11 is 0. The van der Waals surface area contributed by atoms with Gasteiger partial charge in [0.2, 0.25) is 0 Å². The van der Waals surface area contributed by atoms with Crippen molar-refractivity contribution < 1.29 is 8.42 Å². The number of nitrogens with two attached hydrogens (primary N) is 3. The van der Waals surface area contributed by atoms with Gasteiger partial charge < -0.3 is 17.2 Å². The van der Waals surface area contributed by atoms with Gasteiger partial charge in [-0.1, -0.05) is 61.5 Å². The number of hydrogen-bond acceptors (Lipinski definition) is 5. The third-order valence-corrected chi connectivity index (χ3v) is 6.04. The maximum Gasteiger partial charge on any atom is 0.155 e. The minimum absolute atomic E-state index is 0.000473. The van der Waals surface area contributed by atoms with Crippen LogP contribution in [-0.4, -0.2) is 20.7 Å². The van der Waals surface area contributed by atoms with Gasteiger partial charge in [-0.25, -0.2) is 8.42 Å². The van der Waals surface area contributed by atoms with Crippen molar-refractivity contribution >= 4 is 9.84 Å². The Morgan fingerprint density at radius 1 is 1.04 bits per heavy atom. The Kier molecular flexibility index (Phi) is 5.77. The van der Waals surface area contributed by atoms with E-state index in [9.17, 15) is 8.42 Å². The fraction of sp³-hybridized carbons (Fsp3) is 0.333. The van der Waals surface area contributed by atoms with E-state index in [0.29, 0.717) is 0 Å². The molecule has 0 aliphatic heterocycles. The van der Waals surface area contributed by atoms with Crippen LogP contribution >= 0.6 is 0 Å². The molecule has 0 saturated heterocycles. The average molecular weight is 347 g/mol. The Morgan fingerprint density at radius 2 is 1.71 bits per heavy atom. The van der Waals surface area contributed by atoms with Gasteiger partial charge in [0, 0.05) is 12.0 Å². The lowest BCUT2D eigenvalue weighted by molar-refractivity contribution is 0.517. The zero-order valence-corrected chi connectivity index (χ0v) is 14.7. The Labute approximate surface area is 143 Å². The first-order valence-corrected chi connectivity index (χ1v) is 9.64. The summed E-state index contributed by atoms with van der Waals surface area (Å²) in [6, 6.07) is 16.5. The summed E-state index contributed by atoms with van der Waals surface area (Å²) < 4.78 is 25.3. The molecule has 6 N–H and O–H groups in total. The van der Waals surface area contributed by atoms with E-state index in [1.165, 1.54) is 0 Å². The summed E-state index contributed by atoms with van der Waals surface area (Å²) in [6.45, 7) is 2.07. The van der Waals surface area contributed by atoms with Gasteiger partial charge in [0.1, 0.15) is 0 Å². The van der Waals surface area contributed by atoms with Crippen LogP contribution in [0.3, 0.4) is 0 Å². The van der Waals surface area contributed by atoms with Gasteiger partial charge in [-0.3, -0.25) is 0 Å². The van der Waals surface area contributed by atoms with E-state index in [0.717, 1.165) is 16.7 Å². The Hall–Kier alpha value is -1.73. The molecule has 24 heavy (non-hydrogen) atoms. The summed E-state index contributed by atoms with van der Waals surface area (Å²) in [5, 5.41) is 0. The van der Waals surface area contributed by atoms with Gasteiger partial charge in [0.15, 0.2) is 9.84 Å². The molecule has 0 bridgehead atoms. The first kappa shape index (κ1) is 18.6. The van der Waals surface area contributed by atoms with Crippen LogP contribution in [0.5, 0.6) is 0 Å². The number of rotatable bonds is 7. The second-order valence-corrected chi connectivity index (χ2v) is 8.50. The lowest BCUT2D eigenvalue weighted by Gasteiger charge is -2.29. The fourth-order valence-corrected chi connectivity index (χ4v) is 4.80. The zero-order valence-electron chi connectivity index (χ0n) is 13.9. The zero-order chi connectivity index (χ0) is 17.8. The van der Waals surface area contributed by atoms with Crippen molar-refractivity contribution in [3.63, 3.8) is 0 Å². The number of benzene rings is 2. The van der Waals surface area contributed by atoms with Crippen molar-refractivity contribution in [3.8, 4) is 0 Å². The van der Waals surface area contributed by atoms with Gasteiger partial charge in [-0.15, -0.1) is 0 Å². The molecule has 0 heterocycles. The first-order chi connectivity index (χ1) is 11.3. The number of sulfone groups is 1. The molecular weight excluding hydrogens is 322 g/mol. The van der Waals surface area contributed by atoms with Crippen LogP contribution in [0.1, 0.15) is 29.8 Å². The predicted molar refractivity (Wildman–Crippen MR) is 97.9 cm³/mol. The molecule has 2 aromatic carbocycles. The van der Waals surface area contributed by atoms with E-state index < -0.39 is 21.4 Å². The van der Waals surface area contributed by atoms with Crippen LogP contribution in [0.15, 0.2) is 54.6 Å². The van der Waals surface area contributed by atoms with Gasteiger partial charge in [0.25, 0.3) is 0 Å². The number of hydrogen-bond donors (Lipinski definition) is 3. The largest absolute Gasteiger partial charge is 0.330 e. The highest BCUT2D eigenvalue weighted by Crippen LogP contribution is 2.27. The summed E-state index contributed by atoms with van der Waals surface area (Å²) in [7, 11) is -3.33. The molecule has 0 radical (unpaired) electrons. The molecular formula is C18H25N3O2S. The first-order valence-electron chi connectivity index (χ1n) is 7.82. The monoisotopic (exact) mass is 347 g/mol. The Balaban J connectivity index is 2.28. The molecule has 0 fully saturated rings. The molecule has 0 aromatic heterocycles. The summed E-state index contributed by atoms with van der Waals surface area (Å²) in [6.07, 6.45) is -0.604. The van der Waals surface area contributed by atoms with Gasteiger partial charge in [-0.2, -0.15) is 0 Å². The molecule has 1 unspecified atom stereocenters. The fourth-order valence-electron chi connectivity index (χ4n) is 2.75. The van der Waals surface area contributed by atoms with Gasteiger partial charge >= 0.3 is 0 Å². The maximum absolute atomic E-state index is 12.7. The molecule has 0 aliphatic carbocycles. The molecule has 0 spiro atoms. The summed E-state index contributed by atoms with van der Waals surface area (Å²) in [5.41, 5.74) is 19.1. The third kappa shape index (κ3) is 4.64. The van der Waals surface area contributed by atoms with E-state index >= 15 is 0 Å². The van der Waals surface area contributed by atoms with E-state index in [2.05, 4.69) is 0 Å². The van der Waals surface area contributed by atoms with Crippen molar-refractivity contribution in [1.29, 1.82) is 0 Å². The lowest BCUT2D eigenvalue weighted by Crippen LogP contribution is -2.39. The third-order valence-electron chi connectivity index (χ3n) is 4.19. The van der Waals surface area contributed by atoms with Crippen molar-refractivity contribution in [3.05, 3.63) is 71.3 Å². The lowest BCUT2D eigenvalue weighted by atomic mass is 9.83. The Bertz CT molecular complexity index is 776. The summed E-state index contributed by atoms with van der Waals surface area (Å²) in [5.74, 6) is -0.0336. The van der Waals surface area contributed by atoms with Crippen LogP contribution < -0.4 is 17.2 Å². The highest BCUT2D eigenvalue weighted by Gasteiger charge is 2.32. The molecule has 0 aliphatic rings. The van der Waals surface area contributed by atoms with Crippen LogP contribution in [0.25, 0.3) is 0 Å². The standard InChI is InChI=1S/C18H25N3O2S/c1-18(12-19,16-9-5-8-15(10-16)17(20)21)13-24(22,23)11-14-6-3-2-4-7-14/h2-10,17H,11-13,19-21H2,1H3. The molecule has 2 aromatic rings. The molecule has 5 nitrogen and oxygen atoms in total. The SMILES string of the molecule is CC(CN)(CS(=O)(=O)Cc1ccccc1)c1cccc(C(N)N)c1. The molecule has 2 rings (SSSR count). The van der Waals surface area contributed by atoms with Gasteiger partial charge in [-0.05, 0) is 16.7 Å². The predicted octanol–water partition coefficient (Wildman–Crippen LogP) is 1.43. The average Bonchev–Trinajstić information content (AvgIpc) is 2.55. The second-order valence-electron chi connectivity index (χ2n) is 6.43. The van der Waals surface area contributed by atoms with Crippen molar-refractivity contribution in [2.45, 2.75) is 24.3 Å². The summed E-state index contributed by atoms with van der Waals surface area (Å²) in [4.78, 5) is 0. The molecule has 0 saturated carbocycles. The van der Waals surface area contributed by atoms with Crippen molar-refractivity contribution in [2.24, 2.45) is 17.2 Å². The van der Waals surface area contributed by atoms with E-state index in [4.69, 9.17) is 17.2 Å². The van der Waals surface area contributed by atoms with Crippen LogP contribution in [0.2, 0.25) is 0 Å². The molecule has 0 amide bonds. The van der Waals surface area contributed by atoms with E-state index in [-0.39, 0.29) is 18.1 Å². The van der Waals surface area contributed by atoms with Crippen molar-refractivity contribution in [2.75, 3.05) is 12.3 Å². The van der Waals surface area contributed by atoms with Crippen LogP contribution in [0.4, 0.5) is 0 Å². The molecule has 1 atom stereocenters. The van der Waals surface area contributed by atoms with Crippen LogP contribution in [-0.2, 0) is 21.0 Å². The second kappa shape index (κ2) is 7.44. The Morgan fingerprint density at radius 3 is 2.29 bits per heavy atom. The maximum atomic E-state index is 12.7. The molecule has 6 heteroatoms. The smallest absolute Gasteiger partial charge is 0.155 e. The minimum Gasteiger partial charge on any atom is -0.330 e. The van der Waals surface area contributed by atoms with E-state index in [1.807, 2.05) is 61.5 Å². The normalized spacial score (nSPS) is 14.5. The molecule has 130 valence electrons. The quantitative estimate of drug-likeness (QED) is 0.656. The van der Waals surface area contributed by atoms with Crippen molar-refractivity contribution in [1.82, 2.24) is 0 Å². The minimum atomic E-state index is -3.33. The van der Waals surface area contributed by atoms with Crippen LogP contribution in [0, 0.1) is 0 Å². The van der Waals surface area contributed by atoms with E-state index in [1.54, 1.807) is 0 Å². The van der Waals surface area contributed by atoms with Gasteiger partial charge in [0.05, 0.1) is 17.7 Å². The highest BCUT2D eigenvalue weighted by molar-refractivity contribution is 7.90. The highest BCUT2D eigenvalue weighted by atomic mass is 32.2. The topological polar surface area (TPSA) is 112 Å².